The standard InChI is InChI=1S/C23H23NO3.ClH/c1-2-4-18(5-3-1)15-24-16-19-6-9-21(10-7-19)27-17-20-8-11-22-23(14-20)26-13-12-25-22;/h1-11,14,24H,12-13,15-17H2;1H/p-1. The summed E-state index contributed by atoms with van der Waals surface area (Å²) in [5.74, 6) is 2.45. The molecule has 0 saturated heterocycles. The smallest absolute Gasteiger partial charge is 0.161 e. The number of ether oxygens (including phenoxy) is 3. The number of fused-ring (bicyclic) bond motifs is 1. The van der Waals surface area contributed by atoms with Gasteiger partial charge in [0, 0.05) is 13.1 Å². The first kappa shape index (κ1) is 20.1. The predicted molar refractivity (Wildman–Crippen MR) is 105 cm³/mol. The lowest BCUT2D eigenvalue weighted by molar-refractivity contribution is -0.00000636. The third-order valence-corrected chi connectivity index (χ3v) is 4.44. The zero-order chi connectivity index (χ0) is 18.3. The average molecular weight is 397 g/mol. The van der Waals surface area contributed by atoms with Crippen molar-refractivity contribution in [3.05, 3.63) is 89.5 Å². The van der Waals surface area contributed by atoms with Crippen LogP contribution in [0.4, 0.5) is 0 Å². The van der Waals surface area contributed by atoms with Crippen molar-refractivity contribution < 1.29 is 26.6 Å². The fraction of sp³-hybridized carbons (Fsp3) is 0.217. The minimum absolute atomic E-state index is 0. The van der Waals surface area contributed by atoms with E-state index in [4.69, 9.17) is 14.2 Å². The Bertz CT molecular complexity index is 869. The second kappa shape index (κ2) is 10.0. The maximum atomic E-state index is 5.90. The number of halogens is 1. The summed E-state index contributed by atoms with van der Waals surface area (Å²) in [5, 5.41) is 3.46. The highest BCUT2D eigenvalue weighted by atomic mass is 35.5. The van der Waals surface area contributed by atoms with Crippen LogP contribution < -0.4 is 31.9 Å². The molecule has 1 aliphatic rings. The molecule has 0 aliphatic carbocycles. The average Bonchev–Trinajstić information content (AvgIpc) is 2.74. The van der Waals surface area contributed by atoms with Gasteiger partial charge in [-0.05, 0) is 41.0 Å². The lowest BCUT2D eigenvalue weighted by Gasteiger charge is -2.19. The van der Waals surface area contributed by atoms with E-state index >= 15 is 0 Å². The summed E-state index contributed by atoms with van der Waals surface area (Å²) in [5.41, 5.74) is 3.59. The molecule has 3 aromatic rings. The highest BCUT2D eigenvalue weighted by molar-refractivity contribution is 5.43. The van der Waals surface area contributed by atoms with E-state index in [0.29, 0.717) is 19.8 Å². The van der Waals surface area contributed by atoms with Crippen LogP contribution in [-0.4, -0.2) is 13.2 Å². The molecule has 0 bridgehead atoms. The van der Waals surface area contributed by atoms with Gasteiger partial charge in [0.05, 0.1) is 0 Å². The van der Waals surface area contributed by atoms with Gasteiger partial charge in [0.15, 0.2) is 11.5 Å². The van der Waals surface area contributed by atoms with Gasteiger partial charge >= 0.3 is 0 Å². The first-order valence-electron chi connectivity index (χ1n) is 9.22. The van der Waals surface area contributed by atoms with Crippen molar-refractivity contribution in [1.82, 2.24) is 5.32 Å². The summed E-state index contributed by atoms with van der Waals surface area (Å²) in [7, 11) is 0. The zero-order valence-electron chi connectivity index (χ0n) is 15.6. The molecule has 1 aliphatic heterocycles. The molecular formula is C23H23ClNO3-. The number of nitrogens with one attached hydrogen (secondary N) is 1. The SMILES string of the molecule is [Cl-].c1ccc(CNCc2ccc(OCc3ccc4c(c3)OCCO4)cc2)cc1. The fourth-order valence-corrected chi connectivity index (χ4v) is 2.99. The summed E-state index contributed by atoms with van der Waals surface area (Å²) in [6, 6.07) is 24.6. The first-order chi connectivity index (χ1) is 13.4. The van der Waals surface area contributed by atoms with Crippen molar-refractivity contribution in [3.8, 4) is 17.2 Å². The largest absolute Gasteiger partial charge is 1.00 e. The van der Waals surface area contributed by atoms with Gasteiger partial charge in [-0.25, -0.2) is 0 Å². The van der Waals surface area contributed by atoms with E-state index in [1.165, 1.54) is 11.1 Å². The van der Waals surface area contributed by atoms with Crippen LogP contribution in [0.5, 0.6) is 17.2 Å². The Morgan fingerprint density at radius 3 is 2.11 bits per heavy atom. The predicted octanol–water partition coefficient (Wildman–Crippen LogP) is 1.33. The Labute approximate surface area is 171 Å². The Balaban J connectivity index is 0.00000225. The Morgan fingerprint density at radius 2 is 1.36 bits per heavy atom. The van der Waals surface area contributed by atoms with Crippen molar-refractivity contribution in [2.75, 3.05) is 13.2 Å². The van der Waals surface area contributed by atoms with Crippen LogP contribution in [0.2, 0.25) is 0 Å². The minimum Gasteiger partial charge on any atom is -1.00 e. The quantitative estimate of drug-likeness (QED) is 0.654. The molecule has 5 heteroatoms. The van der Waals surface area contributed by atoms with Crippen molar-refractivity contribution >= 4 is 0 Å². The lowest BCUT2D eigenvalue weighted by atomic mass is 10.2. The Hall–Kier alpha value is -2.69. The van der Waals surface area contributed by atoms with Gasteiger partial charge in [-0.15, -0.1) is 0 Å². The highest BCUT2D eigenvalue weighted by Crippen LogP contribution is 2.31. The molecule has 0 saturated carbocycles. The van der Waals surface area contributed by atoms with Gasteiger partial charge < -0.3 is 31.9 Å². The first-order valence-corrected chi connectivity index (χ1v) is 9.22. The molecule has 0 radical (unpaired) electrons. The normalized spacial score (nSPS) is 12.1. The molecule has 0 amide bonds. The molecule has 0 atom stereocenters. The van der Waals surface area contributed by atoms with Crippen LogP contribution in [-0.2, 0) is 19.7 Å². The Kier molecular flexibility index (Phi) is 7.18. The second-order valence-electron chi connectivity index (χ2n) is 6.50. The maximum absolute atomic E-state index is 5.90. The number of hydrogen-bond donors (Lipinski definition) is 1. The van der Waals surface area contributed by atoms with E-state index in [-0.39, 0.29) is 12.4 Å². The van der Waals surface area contributed by atoms with Crippen LogP contribution in [0.1, 0.15) is 16.7 Å². The van der Waals surface area contributed by atoms with Gasteiger partial charge in [0.2, 0.25) is 0 Å². The van der Waals surface area contributed by atoms with Crippen LogP contribution in [0.15, 0.2) is 72.8 Å². The van der Waals surface area contributed by atoms with Crippen LogP contribution >= 0.6 is 0 Å². The molecule has 0 aromatic heterocycles. The summed E-state index contributed by atoms with van der Waals surface area (Å²) in [6.07, 6.45) is 0. The highest BCUT2D eigenvalue weighted by Gasteiger charge is 2.11. The maximum Gasteiger partial charge on any atom is 0.161 e. The van der Waals surface area contributed by atoms with Crippen molar-refractivity contribution in [1.29, 1.82) is 0 Å². The fourth-order valence-electron chi connectivity index (χ4n) is 2.99. The molecule has 1 N–H and O–H groups in total. The molecule has 0 unspecified atom stereocenters. The van der Waals surface area contributed by atoms with Gasteiger partial charge in [-0.1, -0.05) is 48.5 Å². The van der Waals surface area contributed by atoms with E-state index in [2.05, 4.69) is 41.7 Å². The molecule has 3 aromatic carbocycles. The van der Waals surface area contributed by atoms with E-state index in [1.807, 2.05) is 36.4 Å². The van der Waals surface area contributed by atoms with Crippen molar-refractivity contribution in [2.45, 2.75) is 19.7 Å². The van der Waals surface area contributed by atoms with E-state index < -0.39 is 0 Å². The van der Waals surface area contributed by atoms with Crippen LogP contribution in [0.3, 0.4) is 0 Å². The molecular weight excluding hydrogens is 374 g/mol. The summed E-state index contributed by atoms with van der Waals surface area (Å²) in [6.45, 7) is 3.40. The molecule has 4 rings (SSSR count). The minimum atomic E-state index is 0. The van der Waals surface area contributed by atoms with E-state index in [1.54, 1.807) is 0 Å². The molecule has 0 fully saturated rings. The van der Waals surface area contributed by atoms with Crippen molar-refractivity contribution in [3.63, 3.8) is 0 Å². The monoisotopic (exact) mass is 396 g/mol. The van der Waals surface area contributed by atoms with Crippen molar-refractivity contribution in [2.24, 2.45) is 0 Å². The van der Waals surface area contributed by atoms with Gasteiger partial charge in [-0.3, -0.25) is 0 Å². The van der Waals surface area contributed by atoms with Crippen LogP contribution in [0.25, 0.3) is 0 Å². The van der Waals surface area contributed by atoms with Gasteiger partial charge in [0.25, 0.3) is 0 Å². The zero-order valence-corrected chi connectivity index (χ0v) is 16.3. The second-order valence-corrected chi connectivity index (χ2v) is 6.50. The third kappa shape index (κ3) is 5.41. The molecule has 1 heterocycles. The topological polar surface area (TPSA) is 39.7 Å². The van der Waals surface area contributed by atoms with Gasteiger partial charge in [0.1, 0.15) is 25.6 Å². The molecule has 4 nitrogen and oxygen atoms in total. The number of hydrogen-bond acceptors (Lipinski definition) is 4. The summed E-state index contributed by atoms with van der Waals surface area (Å²) >= 11 is 0. The van der Waals surface area contributed by atoms with E-state index in [0.717, 1.165) is 35.9 Å². The van der Waals surface area contributed by atoms with E-state index in [9.17, 15) is 0 Å². The van der Waals surface area contributed by atoms with Gasteiger partial charge in [-0.2, -0.15) is 0 Å². The molecule has 28 heavy (non-hydrogen) atoms. The summed E-state index contributed by atoms with van der Waals surface area (Å²) < 4.78 is 17.1. The Morgan fingerprint density at radius 1 is 0.714 bits per heavy atom. The van der Waals surface area contributed by atoms with Crippen LogP contribution in [0, 0.1) is 0 Å². The summed E-state index contributed by atoms with van der Waals surface area (Å²) in [4.78, 5) is 0. The number of benzene rings is 3. The lowest BCUT2D eigenvalue weighted by Crippen LogP contribution is -3.00. The third-order valence-electron chi connectivity index (χ3n) is 4.44. The molecule has 146 valence electrons. The number of rotatable bonds is 7. The molecule has 0 spiro atoms.